The second kappa shape index (κ2) is 4.07. The normalized spacial score (nSPS) is 10.7. The van der Waals surface area contributed by atoms with Crippen molar-refractivity contribution in [1.29, 1.82) is 0 Å². The van der Waals surface area contributed by atoms with E-state index in [2.05, 4.69) is 27.4 Å². The Morgan fingerprint density at radius 3 is 2.28 bits per heavy atom. The molecule has 0 spiro atoms. The van der Waals surface area contributed by atoms with Crippen LogP contribution in [0.25, 0.3) is 22.2 Å². The van der Waals surface area contributed by atoms with Gasteiger partial charge in [0, 0.05) is 12.7 Å². The fourth-order valence-electron chi connectivity index (χ4n) is 2.04. The number of benzene rings is 2. The van der Waals surface area contributed by atoms with Gasteiger partial charge in [-0.15, -0.1) is 0 Å². The molecule has 4 nitrogen and oxygen atoms in total. The van der Waals surface area contributed by atoms with E-state index < -0.39 is 0 Å². The zero-order chi connectivity index (χ0) is 12.5. The van der Waals surface area contributed by atoms with Gasteiger partial charge in [-0.25, -0.2) is 4.79 Å². The van der Waals surface area contributed by atoms with Gasteiger partial charge >= 0.3 is 5.69 Å². The van der Waals surface area contributed by atoms with Crippen LogP contribution < -0.4 is 11.0 Å². The highest BCUT2D eigenvalue weighted by Crippen LogP contribution is 2.23. The molecule has 0 aliphatic rings. The molecule has 0 fully saturated rings. The summed E-state index contributed by atoms with van der Waals surface area (Å²) in [6.07, 6.45) is 0. The van der Waals surface area contributed by atoms with E-state index in [0.29, 0.717) is 0 Å². The first-order chi connectivity index (χ1) is 8.76. The molecule has 0 saturated carbocycles. The number of H-pyrrole nitrogens is 2. The largest absolute Gasteiger partial charge is 0.388 e. The summed E-state index contributed by atoms with van der Waals surface area (Å²) >= 11 is 0. The monoisotopic (exact) mass is 239 g/mol. The molecule has 0 saturated heterocycles. The third kappa shape index (κ3) is 1.78. The van der Waals surface area contributed by atoms with Gasteiger partial charge in [-0.2, -0.15) is 0 Å². The summed E-state index contributed by atoms with van der Waals surface area (Å²) in [6.45, 7) is 0. The number of aromatic amines is 2. The van der Waals surface area contributed by atoms with Crippen LogP contribution in [0.1, 0.15) is 0 Å². The van der Waals surface area contributed by atoms with Gasteiger partial charge in [0.05, 0.1) is 11.0 Å². The molecule has 2 aromatic carbocycles. The minimum absolute atomic E-state index is 0.173. The van der Waals surface area contributed by atoms with Crippen LogP contribution in [0, 0.1) is 0 Å². The number of aromatic nitrogens is 2. The van der Waals surface area contributed by atoms with Gasteiger partial charge in [-0.05, 0) is 35.4 Å². The number of fused-ring (bicyclic) bond motifs is 1. The molecule has 3 N–H and O–H groups in total. The van der Waals surface area contributed by atoms with Gasteiger partial charge < -0.3 is 15.3 Å². The van der Waals surface area contributed by atoms with Crippen molar-refractivity contribution < 1.29 is 0 Å². The maximum absolute atomic E-state index is 11.2. The molecule has 90 valence electrons. The molecular formula is C14H13N3O. The summed E-state index contributed by atoms with van der Waals surface area (Å²) in [5, 5.41) is 3.09. The lowest BCUT2D eigenvalue weighted by molar-refractivity contribution is 1.22. The predicted octanol–water partition coefficient (Wildman–Crippen LogP) is 2.56. The van der Waals surface area contributed by atoms with Crippen molar-refractivity contribution in [3.05, 3.63) is 52.9 Å². The number of hydrogen-bond acceptors (Lipinski definition) is 2. The number of rotatable bonds is 2. The van der Waals surface area contributed by atoms with E-state index in [1.165, 1.54) is 0 Å². The summed E-state index contributed by atoms with van der Waals surface area (Å²) in [6, 6.07) is 14.0. The van der Waals surface area contributed by atoms with Crippen LogP contribution in [0.4, 0.5) is 5.69 Å². The zero-order valence-electron chi connectivity index (χ0n) is 9.95. The summed E-state index contributed by atoms with van der Waals surface area (Å²) in [4.78, 5) is 16.7. The van der Waals surface area contributed by atoms with Crippen molar-refractivity contribution in [2.24, 2.45) is 0 Å². The van der Waals surface area contributed by atoms with Gasteiger partial charge in [-0.3, -0.25) is 0 Å². The predicted molar refractivity (Wildman–Crippen MR) is 73.9 cm³/mol. The van der Waals surface area contributed by atoms with Crippen LogP contribution in [0.3, 0.4) is 0 Å². The topological polar surface area (TPSA) is 60.7 Å². The fourth-order valence-corrected chi connectivity index (χ4v) is 2.04. The molecule has 0 amide bonds. The molecule has 18 heavy (non-hydrogen) atoms. The Morgan fingerprint density at radius 1 is 0.889 bits per heavy atom. The SMILES string of the molecule is CNc1ccc(-c2ccc3[nH]c(=O)[nH]c3c2)cc1. The average Bonchev–Trinajstić information content (AvgIpc) is 2.78. The van der Waals surface area contributed by atoms with Crippen LogP contribution in [-0.4, -0.2) is 17.0 Å². The summed E-state index contributed by atoms with van der Waals surface area (Å²) < 4.78 is 0. The fraction of sp³-hybridized carbons (Fsp3) is 0.0714. The number of hydrogen-bond donors (Lipinski definition) is 3. The maximum atomic E-state index is 11.2. The molecule has 0 radical (unpaired) electrons. The first-order valence-electron chi connectivity index (χ1n) is 5.76. The molecule has 0 aliphatic heterocycles. The van der Waals surface area contributed by atoms with Crippen molar-refractivity contribution in [2.45, 2.75) is 0 Å². The lowest BCUT2D eigenvalue weighted by atomic mass is 10.0. The van der Waals surface area contributed by atoms with Gasteiger partial charge in [-0.1, -0.05) is 18.2 Å². The molecule has 0 unspecified atom stereocenters. The van der Waals surface area contributed by atoms with Crippen LogP contribution in [0.2, 0.25) is 0 Å². The zero-order valence-corrected chi connectivity index (χ0v) is 9.95. The number of anilines is 1. The van der Waals surface area contributed by atoms with E-state index in [1.54, 1.807) is 0 Å². The van der Waals surface area contributed by atoms with Crippen LogP contribution in [-0.2, 0) is 0 Å². The van der Waals surface area contributed by atoms with Crippen molar-refractivity contribution in [2.75, 3.05) is 12.4 Å². The third-order valence-corrected chi connectivity index (χ3v) is 3.02. The summed E-state index contributed by atoms with van der Waals surface area (Å²) in [7, 11) is 1.89. The second-order valence-corrected chi connectivity index (χ2v) is 4.17. The molecule has 3 aromatic rings. The Hall–Kier alpha value is -2.49. The molecular weight excluding hydrogens is 226 g/mol. The highest BCUT2D eigenvalue weighted by Gasteiger charge is 2.02. The highest BCUT2D eigenvalue weighted by atomic mass is 16.1. The van der Waals surface area contributed by atoms with E-state index in [9.17, 15) is 4.79 Å². The smallest absolute Gasteiger partial charge is 0.323 e. The Bertz CT molecular complexity index is 738. The van der Waals surface area contributed by atoms with Crippen LogP contribution in [0.15, 0.2) is 47.3 Å². The lowest BCUT2D eigenvalue weighted by Crippen LogP contribution is -1.99. The first-order valence-corrected chi connectivity index (χ1v) is 5.76. The van der Waals surface area contributed by atoms with E-state index in [4.69, 9.17) is 0 Å². The highest BCUT2D eigenvalue weighted by molar-refractivity contribution is 5.81. The van der Waals surface area contributed by atoms with E-state index in [0.717, 1.165) is 27.8 Å². The van der Waals surface area contributed by atoms with Gasteiger partial charge in [0.25, 0.3) is 0 Å². The van der Waals surface area contributed by atoms with Crippen molar-refractivity contribution in [3.8, 4) is 11.1 Å². The maximum Gasteiger partial charge on any atom is 0.323 e. The molecule has 3 rings (SSSR count). The molecule has 1 heterocycles. The Balaban J connectivity index is 2.09. The molecule has 0 atom stereocenters. The van der Waals surface area contributed by atoms with Crippen LogP contribution in [0.5, 0.6) is 0 Å². The Morgan fingerprint density at radius 2 is 1.56 bits per heavy atom. The van der Waals surface area contributed by atoms with Crippen molar-refractivity contribution >= 4 is 16.7 Å². The third-order valence-electron chi connectivity index (χ3n) is 3.02. The van der Waals surface area contributed by atoms with Gasteiger partial charge in [0.2, 0.25) is 0 Å². The minimum Gasteiger partial charge on any atom is -0.388 e. The molecule has 1 aromatic heterocycles. The Kier molecular flexibility index (Phi) is 2.41. The Labute approximate surface area is 104 Å². The van der Waals surface area contributed by atoms with Crippen molar-refractivity contribution in [3.63, 3.8) is 0 Å². The van der Waals surface area contributed by atoms with Crippen LogP contribution >= 0.6 is 0 Å². The molecule has 0 bridgehead atoms. The molecule has 4 heteroatoms. The quantitative estimate of drug-likeness (QED) is 0.643. The second-order valence-electron chi connectivity index (χ2n) is 4.17. The van der Waals surface area contributed by atoms with Gasteiger partial charge in [0.15, 0.2) is 0 Å². The van der Waals surface area contributed by atoms with Gasteiger partial charge in [0.1, 0.15) is 0 Å². The summed E-state index contributed by atoms with van der Waals surface area (Å²) in [5.74, 6) is 0. The van der Waals surface area contributed by atoms with Crippen molar-refractivity contribution in [1.82, 2.24) is 9.97 Å². The lowest BCUT2D eigenvalue weighted by Gasteiger charge is -2.04. The van der Waals surface area contributed by atoms with E-state index in [1.807, 2.05) is 37.4 Å². The standard InChI is InChI=1S/C14H13N3O/c1-15-11-5-2-9(3-6-11)10-4-7-12-13(8-10)17-14(18)16-12/h2-8,15H,1H3,(H2,16,17,18). The molecule has 0 aliphatic carbocycles. The van der Waals surface area contributed by atoms with E-state index >= 15 is 0 Å². The van der Waals surface area contributed by atoms with E-state index in [-0.39, 0.29) is 5.69 Å². The number of imidazole rings is 1. The minimum atomic E-state index is -0.173. The average molecular weight is 239 g/mol. The number of nitrogens with one attached hydrogen (secondary N) is 3. The first kappa shape index (κ1) is 10.7. The summed E-state index contributed by atoms with van der Waals surface area (Å²) in [5.41, 5.74) is 4.77.